The number of benzene rings is 1. The molecule has 1 aliphatic rings. The number of nitrogens with zero attached hydrogens (tertiary/aromatic N) is 2. The SMILES string of the molecule is Cc1cccc(N2C[C@@H](C(=O)OCC(=O)NCCC#N)CC2=O)c1C. The van der Waals surface area contributed by atoms with Gasteiger partial charge in [0, 0.05) is 25.2 Å². The molecule has 0 bridgehead atoms. The van der Waals surface area contributed by atoms with Crippen LogP contribution in [0.25, 0.3) is 0 Å². The van der Waals surface area contributed by atoms with E-state index in [0.717, 1.165) is 16.8 Å². The number of nitrogens with one attached hydrogen (secondary N) is 1. The van der Waals surface area contributed by atoms with Gasteiger partial charge < -0.3 is 15.0 Å². The Kier molecular flexibility index (Phi) is 6.12. The lowest BCUT2D eigenvalue weighted by Crippen LogP contribution is -2.31. The van der Waals surface area contributed by atoms with Crippen molar-refractivity contribution < 1.29 is 19.1 Å². The number of hydrogen-bond donors (Lipinski definition) is 1. The van der Waals surface area contributed by atoms with E-state index in [1.165, 1.54) is 0 Å². The lowest BCUT2D eigenvalue weighted by atomic mass is 10.1. The minimum atomic E-state index is -0.584. The van der Waals surface area contributed by atoms with Crippen LogP contribution in [0.3, 0.4) is 0 Å². The zero-order valence-electron chi connectivity index (χ0n) is 14.4. The van der Waals surface area contributed by atoms with Crippen molar-refractivity contribution in [2.45, 2.75) is 26.7 Å². The van der Waals surface area contributed by atoms with Gasteiger partial charge in [0.15, 0.2) is 6.61 Å². The molecule has 1 saturated heterocycles. The summed E-state index contributed by atoms with van der Waals surface area (Å²) in [6.07, 6.45) is 0.268. The first-order chi connectivity index (χ1) is 11.9. The summed E-state index contributed by atoms with van der Waals surface area (Å²) in [4.78, 5) is 37.5. The maximum Gasteiger partial charge on any atom is 0.311 e. The molecule has 0 unspecified atom stereocenters. The first kappa shape index (κ1) is 18.5. The fourth-order valence-electron chi connectivity index (χ4n) is 2.69. The standard InChI is InChI=1S/C18H21N3O4/c1-12-5-3-6-15(13(12)2)21-10-14(9-17(21)23)18(24)25-11-16(22)20-8-4-7-19/h3,5-6,14H,4,8-11H2,1-2H3,(H,20,22)/t14-/m0/s1. The molecule has 1 N–H and O–H groups in total. The number of anilines is 1. The van der Waals surface area contributed by atoms with Gasteiger partial charge in [-0.3, -0.25) is 14.4 Å². The molecule has 1 atom stereocenters. The molecule has 0 radical (unpaired) electrons. The maximum atomic E-state index is 12.3. The van der Waals surface area contributed by atoms with Gasteiger partial charge in [-0.2, -0.15) is 5.26 Å². The molecule has 132 valence electrons. The average Bonchev–Trinajstić information content (AvgIpc) is 2.97. The third-order valence-electron chi connectivity index (χ3n) is 4.23. The number of aryl methyl sites for hydroxylation is 1. The molecule has 2 amide bonds. The Bertz CT molecular complexity index is 724. The summed E-state index contributed by atoms with van der Waals surface area (Å²) < 4.78 is 4.99. The number of rotatable bonds is 6. The van der Waals surface area contributed by atoms with Crippen LogP contribution in [0.2, 0.25) is 0 Å². The summed E-state index contributed by atoms with van der Waals surface area (Å²) in [5.74, 6) is -1.73. The number of ether oxygens (including phenoxy) is 1. The van der Waals surface area contributed by atoms with Gasteiger partial charge in [0.2, 0.25) is 5.91 Å². The maximum absolute atomic E-state index is 12.3. The van der Waals surface area contributed by atoms with Crippen LogP contribution in [-0.2, 0) is 19.1 Å². The second-order valence-electron chi connectivity index (χ2n) is 5.99. The zero-order valence-corrected chi connectivity index (χ0v) is 14.4. The van der Waals surface area contributed by atoms with Crippen molar-refractivity contribution in [3.05, 3.63) is 29.3 Å². The van der Waals surface area contributed by atoms with E-state index in [1.807, 2.05) is 38.1 Å². The van der Waals surface area contributed by atoms with Crippen LogP contribution in [-0.4, -0.2) is 37.5 Å². The Morgan fingerprint density at radius 1 is 1.40 bits per heavy atom. The van der Waals surface area contributed by atoms with Crippen LogP contribution in [0.5, 0.6) is 0 Å². The highest BCUT2D eigenvalue weighted by atomic mass is 16.5. The van der Waals surface area contributed by atoms with Gasteiger partial charge in [-0.15, -0.1) is 0 Å². The summed E-state index contributed by atoms with van der Waals surface area (Å²) in [6.45, 7) is 3.97. The van der Waals surface area contributed by atoms with Gasteiger partial charge in [-0.1, -0.05) is 12.1 Å². The van der Waals surface area contributed by atoms with Crippen LogP contribution >= 0.6 is 0 Å². The van der Waals surface area contributed by atoms with Crippen LogP contribution in [0.15, 0.2) is 18.2 Å². The molecule has 0 aromatic heterocycles. The lowest BCUT2D eigenvalue weighted by molar-refractivity contribution is -0.152. The predicted molar refractivity (Wildman–Crippen MR) is 90.6 cm³/mol. The molecule has 1 fully saturated rings. The minimum Gasteiger partial charge on any atom is -0.455 e. The Morgan fingerprint density at radius 3 is 2.88 bits per heavy atom. The van der Waals surface area contributed by atoms with Crippen LogP contribution in [0, 0.1) is 31.1 Å². The summed E-state index contributed by atoms with van der Waals surface area (Å²) in [5.41, 5.74) is 2.88. The summed E-state index contributed by atoms with van der Waals surface area (Å²) in [5, 5.41) is 10.9. The Hall–Kier alpha value is -2.88. The van der Waals surface area contributed by atoms with Crippen molar-refractivity contribution >= 4 is 23.5 Å². The van der Waals surface area contributed by atoms with E-state index in [2.05, 4.69) is 5.32 Å². The van der Waals surface area contributed by atoms with Gasteiger partial charge in [0.05, 0.1) is 18.4 Å². The van der Waals surface area contributed by atoms with Crippen molar-refractivity contribution in [2.75, 3.05) is 24.6 Å². The molecule has 1 heterocycles. The summed E-state index contributed by atoms with van der Waals surface area (Å²) >= 11 is 0. The third-order valence-corrected chi connectivity index (χ3v) is 4.23. The highest BCUT2D eigenvalue weighted by Crippen LogP contribution is 2.29. The second kappa shape index (κ2) is 8.29. The summed E-state index contributed by atoms with van der Waals surface area (Å²) in [7, 11) is 0. The van der Waals surface area contributed by atoms with Gasteiger partial charge in [0.25, 0.3) is 5.91 Å². The molecule has 1 aliphatic heterocycles. The van der Waals surface area contributed by atoms with E-state index in [9.17, 15) is 14.4 Å². The third kappa shape index (κ3) is 4.57. The molecular weight excluding hydrogens is 322 g/mol. The van der Waals surface area contributed by atoms with E-state index >= 15 is 0 Å². The van der Waals surface area contributed by atoms with E-state index in [-0.39, 0.29) is 31.8 Å². The number of carbonyl (C=O) groups is 3. The van der Waals surface area contributed by atoms with Crippen molar-refractivity contribution in [1.29, 1.82) is 5.26 Å². The van der Waals surface area contributed by atoms with Gasteiger partial charge in [-0.05, 0) is 31.0 Å². The van der Waals surface area contributed by atoms with E-state index in [1.54, 1.807) is 4.90 Å². The number of nitriles is 1. The molecule has 0 aliphatic carbocycles. The molecule has 1 aromatic rings. The highest BCUT2D eigenvalue weighted by molar-refractivity contribution is 6.00. The fraction of sp³-hybridized carbons (Fsp3) is 0.444. The number of amides is 2. The van der Waals surface area contributed by atoms with Crippen molar-refractivity contribution in [3.63, 3.8) is 0 Å². The van der Waals surface area contributed by atoms with E-state index in [0.29, 0.717) is 0 Å². The number of carbonyl (C=O) groups excluding carboxylic acids is 3. The first-order valence-corrected chi connectivity index (χ1v) is 8.11. The Balaban J connectivity index is 1.91. The molecular formula is C18H21N3O4. The molecule has 0 spiro atoms. The molecule has 25 heavy (non-hydrogen) atoms. The second-order valence-corrected chi connectivity index (χ2v) is 5.99. The normalized spacial score (nSPS) is 16.4. The Morgan fingerprint density at radius 2 is 2.16 bits per heavy atom. The largest absolute Gasteiger partial charge is 0.455 e. The zero-order chi connectivity index (χ0) is 18.4. The molecule has 7 heteroatoms. The quantitative estimate of drug-likeness (QED) is 0.618. The molecule has 2 rings (SSSR count). The monoisotopic (exact) mass is 343 g/mol. The van der Waals surface area contributed by atoms with Crippen molar-refractivity contribution in [1.82, 2.24) is 5.32 Å². The van der Waals surface area contributed by atoms with Gasteiger partial charge >= 0.3 is 5.97 Å². The van der Waals surface area contributed by atoms with Crippen LogP contribution < -0.4 is 10.2 Å². The lowest BCUT2D eigenvalue weighted by Gasteiger charge is -2.20. The molecule has 7 nitrogen and oxygen atoms in total. The van der Waals surface area contributed by atoms with Crippen molar-refractivity contribution in [3.8, 4) is 6.07 Å². The first-order valence-electron chi connectivity index (χ1n) is 8.11. The smallest absolute Gasteiger partial charge is 0.311 e. The van der Waals surface area contributed by atoms with E-state index < -0.39 is 24.4 Å². The topological polar surface area (TPSA) is 99.5 Å². The summed E-state index contributed by atoms with van der Waals surface area (Å²) in [6, 6.07) is 7.60. The minimum absolute atomic E-state index is 0.0717. The van der Waals surface area contributed by atoms with Gasteiger partial charge in [-0.25, -0.2) is 0 Å². The van der Waals surface area contributed by atoms with Gasteiger partial charge in [0.1, 0.15) is 0 Å². The number of hydrogen-bond acceptors (Lipinski definition) is 5. The average molecular weight is 343 g/mol. The highest BCUT2D eigenvalue weighted by Gasteiger charge is 2.36. The van der Waals surface area contributed by atoms with Crippen LogP contribution in [0.1, 0.15) is 24.0 Å². The molecule has 0 saturated carbocycles. The Labute approximate surface area is 146 Å². The van der Waals surface area contributed by atoms with Crippen LogP contribution in [0.4, 0.5) is 5.69 Å². The van der Waals surface area contributed by atoms with E-state index in [4.69, 9.17) is 10.00 Å². The predicted octanol–water partition coefficient (Wildman–Crippen LogP) is 1.23. The van der Waals surface area contributed by atoms with Crippen molar-refractivity contribution in [2.24, 2.45) is 5.92 Å². The number of esters is 1. The fourth-order valence-corrected chi connectivity index (χ4v) is 2.69. The molecule has 1 aromatic carbocycles.